The van der Waals surface area contributed by atoms with Crippen molar-refractivity contribution in [1.29, 1.82) is 0 Å². The number of anilines is 1. The van der Waals surface area contributed by atoms with Crippen molar-refractivity contribution in [1.82, 2.24) is 14.5 Å². The second-order valence-corrected chi connectivity index (χ2v) is 9.23. The average molecular weight is 496 g/mol. The van der Waals surface area contributed by atoms with Crippen molar-refractivity contribution in [2.75, 3.05) is 18.0 Å². The van der Waals surface area contributed by atoms with Crippen molar-refractivity contribution in [3.05, 3.63) is 63.7 Å². The number of rotatable bonds is 5. The van der Waals surface area contributed by atoms with Crippen molar-refractivity contribution >= 4 is 22.5 Å². The lowest BCUT2D eigenvalue weighted by molar-refractivity contribution is -0.286. The van der Waals surface area contributed by atoms with E-state index < -0.39 is 6.29 Å². The number of benzene rings is 1. The predicted molar refractivity (Wildman–Crippen MR) is 132 cm³/mol. The molecule has 36 heavy (non-hydrogen) atoms. The molecule has 4 heterocycles. The van der Waals surface area contributed by atoms with Crippen LogP contribution in [0, 0.1) is 6.57 Å². The van der Waals surface area contributed by atoms with Gasteiger partial charge in [-0.05, 0) is 42.7 Å². The molecule has 188 valence electrons. The van der Waals surface area contributed by atoms with Crippen LogP contribution in [-0.4, -0.2) is 45.9 Å². The smallest absolute Gasteiger partial charge is 0.395 e. The lowest BCUT2D eigenvalue weighted by Gasteiger charge is -2.47. The van der Waals surface area contributed by atoms with Gasteiger partial charge in [0.05, 0.1) is 11.2 Å². The van der Waals surface area contributed by atoms with Crippen LogP contribution in [-0.2, 0) is 13.6 Å². The van der Waals surface area contributed by atoms with E-state index in [2.05, 4.69) is 43.0 Å². The Bertz CT molecular complexity index is 1420. The highest BCUT2D eigenvalue weighted by Crippen LogP contribution is 2.41. The third-order valence-electron chi connectivity index (χ3n) is 7.08. The van der Waals surface area contributed by atoms with Gasteiger partial charge in [0.15, 0.2) is 11.5 Å². The molecule has 1 saturated heterocycles. The van der Waals surface area contributed by atoms with Gasteiger partial charge in [-0.15, -0.1) is 13.8 Å². The number of hydrogen-bond donors (Lipinski definition) is 0. The summed E-state index contributed by atoms with van der Waals surface area (Å²) < 4.78 is 37.6. The number of hydrogen-bond acceptors (Lipinski definition) is 6. The molecule has 2 aliphatic heterocycles. The summed E-state index contributed by atoms with van der Waals surface area (Å²) in [7, 11) is 1.71. The first-order valence-electron chi connectivity index (χ1n) is 12.0. The average Bonchev–Trinajstić information content (AvgIpc) is 3.18. The van der Waals surface area contributed by atoms with Crippen LogP contribution in [0.25, 0.3) is 15.9 Å². The molecule has 1 fully saturated rings. The number of halogens is 2. The summed E-state index contributed by atoms with van der Waals surface area (Å²) in [6.45, 7) is 13.6. The van der Waals surface area contributed by atoms with E-state index in [1.54, 1.807) is 41.9 Å². The zero-order valence-corrected chi connectivity index (χ0v) is 20.4. The van der Waals surface area contributed by atoms with Crippen molar-refractivity contribution in [2.45, 2.75) is 51.6 Å². The molecule has 0 N–H and O–H groups in total. The molecule has 0 bridgehead atoms. The van der Waals surface area contributed by atoms with Crippen LogP contribution in [0.1, 0.15) is 32.3 Å². The summed E-state index contributed by atoms with van der Waals surface area (Å²) in [5, 5.41) is 0. The lowest BCUT2D eigenvalue weighted by atomic mass is 10.00. The van der Waals surface area contributed by atoms with Gasteiger partial charge in [-0.25, -0.2) is 0 Å². The molecule has 0 aliphatic carbocycles. The second-order valence-electron chi connectivity index (χ2n) is 9.23. The SMILES string of the molecule is [C-]#[N+]c1ccc2c(n1)c(N1C[C@@H](CC)N(Cc3ccc4c(c3)OC(F)(F)O4)C[C@@H]1CC)cc(=O)n2C. The Balaban J connectivity index is 1.46. The number of piperazine rings is 1. The normalized spacial score (nSPS) is 21.1. The maximum Gasteiger partial charge on any atom is 0.586 e. The van der Waals surface area contributed by atoms with Crippen molar-refractivity contribution in [3.63, 3.8) is 0 Å². The third-order valence-corrected chi connectivity index (χ3v) is 7.08. The molecule has 5 rings (SSSR count). The highest BCUT2D eigenvalue weighted by Gasteiger charge is 2.43. The lowest BCUT2D eigenvalue weighted by Crippen LogP contribution is -2.58. The van der Waals surface area contributed by atoms with Gasteiger partial charge in [0.2, 0.25) is 5.52 Å². The van der Waals surface area contributed by atoms with Crippen molar-refractivity contribution in [2.24, 2.45) is 7.05 Å². The van der Waals surface area contributed by atoms with Gasteiger partial charge >= 0.3 is 6.29 Å². The molecule has 2 atom stereocenters. The molecule has 10 heteroatoms. The molecule has 0 radical (unpaired) electrons. The van der Waals surface area contributed by atoms with Crippen molar-refractivity contribution in [3.8, 4) is 11.5 Å². The zero-order chi connectivity index (χ0) is 25.6. The fourth-order valence-corrected chi connectivity index (χ4v) is 5.14. The van der Waals surface area contributed by atoms with Gasteiger partial charge in [-0.3, -0.25) is 9.69 Å². The molecule has 3 aromatic rings. The number of fused-ring (bicyclic) bond motifs is 2. The Kier molecular flexibility index (Phi) is 6.04. The first-order chi connectivity index (χ1) is 17.2. The minimum Gasteiger partial charge on any atom is -0.395 e. The Morgan fingerprint density at radius 3 is 2.56 bits per heavy atom. The highest BCUT2D eigenvalue weighted by molar-refractivity contribution is 5.89. The fraction of sp³-hybridized carbons (Fsp3) is 0.423. The molecular formula is C26H27F2N5O3. The minimum absolute atomic E-state index is 0.0378. The molecule has 8 nitrogen and oxygen atoms in total. The van der Waals surface area contributed by atoms with Gasteiger partial charge in [-0.2, -0.15) is 0 Å². The van der Waals surface area contributed by atoms with E-state index >= 15 is 0 Å². The molecule has 2 aromatic heterocycles. The van der Waals surface area contributed by atoms with E-state index in [0.717, 1.165) is 30.6 Å². The zero-order valence-electron chi connectivity index (χ0n) is 20.4. The minimum atomic E-state index is -3.64. The van der Waals surface area contributed by atoms with E-state index in [-0.39, 0.29) is 35.0 Å². The maximum atomic E-state index is 13.5. The van der Waals surface area contributed by atoms with E-state index in [0.29, 0.717) is 24.1 Å². The van der Waals surface area contributed by atoms with E-state index in [9.17, 15) is 13.6 Å². The van der Waals surface area contributed by atoms with Gasteiger partial charge in [0.1, 0.15) is 0 Å². The summed E-state index contributed by atoms with van der Waals surface area (Å²) in [6.07, 6.45) is -1.94. The molecule has 1 aromatic carbocycles. The van der Waals surface area contributed by atoms with Gasteiger partial charge in [0, 0.05) is 44.8 Å². The van der Waals surface area contributed by atoms with Crippen LogP contribution in [0.5, 0.6) is 11.5 Å². The van der Waals surface area contributed by atoms with Crippen LogP contribution in [0.2, 0.25) is 0 Å². The van der Waals surface area contributed by atoms with E-state index in [4.69, 9.17) is 6.57 Å². The molecular weight excluding hydrogens is 468 g/mol. The van der Waals surface area contributed by atoms with E-state index in [1.807, 2.05) is 0 Å². The number of pyridine rings is 2. The first-order valence-corrected chi connectivity index (χ1v) is 12.0. The van der Waals surface area contributed by atoms with Gasteiger partial charge in [0.25, 0.3) is 11.4 Å². The summed E-state index contributed by atoms with van der Waals surface area (Å²) >= 11 is 0. The van der Waals surface area contributed by atoms with Crippen LogP contribution in [0.15, 0.2) is 41.2 Å². The maximum absolute atomic E-state index is 13.5. The van der Waals surface area contributed by atoms with E-state index in [1.165, 1.54) is 6.07 Å². The molecule has 2 aliphatic rings. The molecule has 0 amide bonds. The van der Waals surface area contributed by atoms with Crippen LogP contribution >= 0.6 is 0 Å². The Labute approximate surface area is 207 Å². The number of ether oxygens (including phenoxy) is 2. The topological polar surface area (TPSA) is 64.2 Å². The third kappa shape index (κ3) is 4.24. The molecule has 0 spiro atoms. The quantitative estimate of drug-likeness (QED) is 0.479. The van der Waals surface area contributed by atoms with Crippen LogP contribution in [0.4, 0.5) is 20.3 Å². The Morgan fingerprint density at radius 2 is 1.83 bits per heavy atom. The Morgan fingerprint density at radius 1 is 1.08 bits per heavy atom. The largest absolute Gasteiger partial charge is 0.586 e. The summed E-state index contributed by atoms with van der Waals surface area (Å²) in [4.78, 5) is 25.4. The monoisotopic (exact) mass is 495 g/mol. The standard InChI is InChI=1S/C26H27F2N5O3/c1-5-17-15-33(20-12-24(34)31(4)19-8-10-23(29-3)30-25(19)20)18(6-2)14-32(17)13-16-7-9-21-22(11-16)36-26(27,28)35-21/h7-12,17-18H,5-6,13-15H2,1-2,4H3/t17-,18+/m1/s1. The number of nitrogens with zero attached hydrogens (tertiary/aromatic N) is 5. The predicted octanol–water partition coefficient (Wildman–Crippen LogP) is 4.69. The Hall–Kier alpha value is -3.71. The number of alkyl halides is 2. The highest BCUT2D eigenvalue weighted by atomic mass is 19.3. The summed E-state index contributed by atoms with van der Waals surface area (Å²) in [6, 6.07) is 10.2. The molecule has 0 saturated carbocycles. The van der Waals surface area contributed by atoms with Crippen molar-refractivity contribution < 1.29 is 18.3 Å². The first kappa shape index (κ1) is 24.0. The fourth-order valence-electron chi connectivity index (χ4n) is 5.14. The summed E-state index contributed by atoms with van der Waals surface area (Å²) in [5.41, 5.74) is 2.81. The van der Waals surface area contributed by atoms with Gasteiger partial charge in [-0.1, -0.05) is 26.5 Å². The second kappa shape index (κ2) is 9.06. The molecule has 0 unspecified atom stereocenters. The van der Waals surface area contributed by atoms with Crippen LogP contribution < -0.4 is 19.9 Å². The van der Waals surface area contributed by atoms with Gasteiger partial charge < -0.3 is 23.8 Å². The van der Waals surface area contributed by atoms with Crippen LogP contribution in [0.3, 0.4) is 0 Å². The number of aromatic nitrogens is 2. The summed E-state index contributed by atoms with van der Waals surface area (Å²) in [5.74, 6) is 0.370. The number of aryl methyl sites for hydroxylation is 1.